The van der Waals surface area contributed by atoms with Crippen LogP contribution in [0.1, 0.15) is 24.5 Å². The SMILES string of the molecule is CCC(Sc1cc(C)c2cccc(C)c2n1)C(=O)Nc1nc2ccc(OC)cc2s1. The van der Waals surface area contributed by atoms with Crippen molar-refractivity contribution in [3.8, 4) is 5.75 Å². The number of carbonyl (C=O) groups is 1. The number of nitrogens with zero attached hydrogens (tertiary/aromatic N) is 2. The van der Waals surface area contributed by atoms with Crippen LogP contribution >= 0.6 is 23.1 Å². The van der Waals surface area contributed by atoms with Gasteiger partial charge < -0.3 is 10.1 Å². The minimum atomic E-state index is -0.250. The summed E-state index contributed by atoms with van der Waals surface area (Å²) in [5.41, 5.74) is 4.15. The van der Waals surface area contributed by atoms with Gasteiger partial charge in [0.25, 0.3) is 0 Å². The average Bonchev–Trinajstić information content (AvgIpc) is 3.14. The van der Waals surface area contributed by atoms with Gasteiger partial charge >= 0.3 is 0 Å². The third-order valence-electron chi connectivity index (χ3n) is 4.98. The standard InChI is InChI=1S/C23H23N3O2S2/c1-5-18(29-20-11-14(3)16-8-6-7-13(2)21(16)25-20)22(27)26-23-24-17-10-9-15(28-4)12-19(17)30-23/h6-12,18H,5H2,1-4H3,(H,24,26,27). The number of ether oxygens (including phenoxy) is 1. The number of anilines is 1. The minimum absolute atomic E-state index is 0.0575. The van der Waals surface area contributed by atoms with Crippen molar-refractivity contribution in [3.05, 3.63) is 53.6 Å². The summed E-state index contributed by atoms with van der Waals surface area (Å²) in [5, 5.41) is 5.35. The van der Waals surface area contributed by atoms with Crippen LogP contribution in [0.4, 0.5) is 5.13 Å². The zero-order valence-electron chi connectivity index (χ0n) is 17.4. The molecule has 1 atom stereocenters. The normalized spacial score (nSPS) is 12.3. The summed E-state index contributed by atoms with van der Waals surface area (Å²) in [7, 11) is 1.64. The van der Waals surface area contributed by atoms with Gasteiger partial charge in [0.05, 0.1) is 33.1 Å². The van der Waals surface area contributed by atoms with Crippen LogP contribution in [0.2, 0.25) is 0 Å². The lowest BCUT2D eigenvalue weighted by Gasteiger charge is -2.14. The summed E-state index contributed by atoms with van der Waals surface area (Å²) in [6, 6.07) is 14.0. The van der Waals surface area contributed by atoms with E-state index < -0.39 is 0 Å². The highest BCUT2D eigenvalue weighted by molar-refractivity contribution is 8.00. The number of nitrogens with one attached hydrogen (secondary N) is 1. The molecular weight excluding hydrogens is 414 g/mol. The predicted molar refractivity (Wildman–Crippen MR) is 126 cm³/mol. The van der Waals surface area contributed by atoms with E-state index in [0.29, 0.717) is 11.6 Å². The fourth-order valence-corrected chi connectivity index (χ4v) is 5.24. The molecule has 30 heavy (non-hydrogen) atoms. The second-order valence-corrected chi connectivity index (χ2v) is 9.36. The van der Waals surface area contributed by atoms with E-state index in [9.17, 15) is 4.79 Å². The van der Waals surface area contributed by atoms with E-state index in [1.54, 1.807) is 7.11 Å². The lowest BCUT2D eigenvalue weighted by molar-refractivity contribution is -0.115. The highest BCUT2D eigenvalue weighted by atomic mass is 32.2. The van der Waals surface area contributed by atoms with Crippen LogP contribution in [0.15, 0.2) is 47.5 Å². The van der Waals surface area contributed by atoms with Crippen LogP contribution in [0.5, 0.6) is 5.75 Å². The number of aromatic nitrogens is 2. The Morgan fingerprint density at radius 3 is 2.77 bits per heavy atom. The molecule has 2 aromatic carbocycles. The first-order valence-electron chi connectivity index (χ1n) is 9.77. The van der Waals surface area contributed by atoms with Crippen molar-refractivity contribution in [2.45, 2.75) is 37.5 Å². The van der Waals surface area contributed by atoms with Gasteiger partial charge in [-0.2, -0.15) is 0 Å². The van der Waals surface area contributed by atoms with Crippen molar-refractivity contribution in [2.24, 2.45) is 0 Å². The largest absolute Gasteiger partial charge is 0.497 e. The van der Waals surface area contributed by atoms with Gasteiger partial charge in [-0.15, -0.1) is 0 Å². The average molecular weight is 438 g/mol. The number of hydrogen-bond donors (Lipinski definition) is 1. The van der Waals surface area contributed by atoms with E-state index >= 15 is 0 Å². The number of para-hydroxylation sites is 1. The Kier molecular flexibility index (Phi) is 5.92. The zero-order chi connectivity index (χ0) is 21.3. The second kappa shape index (κ2) is 8.62. The monoisotopic (exact) mass is 437 g/mol. The molecule has 7 heteroatoms. The molecule has 2 heterocycles. The third kappa shape index (κ3) is 4.13. The van der Waals surface area contributed by atoms with Crippen LogP contribution in [0.3, 0.4) is 0 Å². The van der Waals surface area contributed by atoms with E-state index in [1.165, 1.54) is 28.7 Å². The molecule has 2 aromatic heterocycles. The van der Waals surface area contributed by atoms with E-state index in [-0.39, 0.29) is 11.2 Å². The molecule has 1 amide bonds. The van der Waals surface area contributed by atoms with Gasteiger partial charge in [-0.3, -0.25) is 4.79 Å². The van der Waals surface area contributed by atoms with E-state index in [0.717, 1.165) is 37.5 Å². The number of methoxy groups -OCH3 is 1. The Balaban J connectivity index is 1.54. The number of thioether (sulfide) groups is 1. The molecule has 0 radical (unpaired) electrons. The lowest BCUT2D eigenvalue weighted by Crippen LogP contribution is -2.24. The van der Waals surface area contributed by atoms with Crippen LogP contribution in [-0.2, 0) is 4.79 Å². The molecule has 0 spiro atoms. The molecule has 4 aromatic rings. The molecule has 1 N–H and O–H groups in total. The third-order valence-corrected chi connectivity index (χ3v) is 7.19. The molecule has 1 unspecified atom stereocenters. The number of benzene rings is 2. The Morgan fingerprint density at radius 2 is 2.00 bits per heavy atom. The number of rotatable bonds is 6. The maximum Gasteiger partial charge on any atom is 0.239 e. The first-order chi connectivity index (χ1) is 14.5. The topological polar surface area (TPSA) is 64.1 Å². The molecule has 5 nitrogen and oxygen atoms in total. The number of amides is 1. The maximum absolute atomic E-state index is 12.9. The second-order valence-electron chi connectivity index (χ2n) is 7.11. The fraction of sp³-hybridized carbons (Fsp3) is 0.261. The molecule has 0 fully saturated rings. The van der Waals surface area contributed by atoms with E-state index in [4.69, 9.17) is 9.72 Å². The highest BCUT2D eigenvalue weighted by Gasteiger charge is 2.21. The lowest BCUT2D eigenvalue weighted by atomic mass is 10.1. The summed E-state index contributed by atoms with van der Waals surface area (Å²) in [4.78, 5) is 22.3. The van der Waals surface area contributed by atoms with Gasteiger partial charge in [-0.25, -0.2) is 9.97 Å². The molecule has 0 bridgehead atoms. The summed E-state index contributed by atoms with van der Waals surface area (Å²) >= 11 is 2.95. The summed E-state index contributed by atoms with van der Waals surface area (Å²) < 4.78 is 6.24. The Hall–Kier alpha value is -2.64. The van der Waals surface area contributed by atoms with Crippen LogP contribution < -0.4 is 10.1 Å². The summed E-state index contributed by atoms with van der Waals surface area (Å²) in [6.07, 6.45) is 0.696. The van der Waals surface area contributed by atoms with Gasteiger partial charge in [0.2, 0.25) is 5.91 Å². The van der Waals surface area contributed by atoms with Gasteiger partial charge in [-0.1, -0.05) is 48.2 Å². The van der Waals surface area contributed by atoms with E-state index in [2.05, 4.69) is 48.4 Å². The highest BCUT2D eigenvalue weighted by Crippen LogP contribution is 2.32. The molecule has 0 saturated heterocycles. The van der Waals surface area contributed by atoms with Crippen LogP contribution in [-0.4, -0.2) is 28.2 Å². The number of carbonyl (C=O) groups excluding carboxylic acids is 1. The Labute approximate surface area is 183 Å². The predicted octanol–water partition coefficient (Wildman–Crippen LogP) is 5.98. The van der Waals surface area contributed by atoms with Gasteiger partial charge in [-0.05, 0) is 55.7 Å². The zero-order valence-corrected chi connectivity index (χ0v) is 19.0. The first kappa shape index (κ1) is 20.6. The molecule has 0 aliphatic rings. The molecule has 154 valence electrons. The van der Waals surface area contributed by atoms with E-state index in [1.807, 2.05) is 25.1 Å². The van der Waals surface area contributed by atoms with Gasteiger partial charge in [0, 0.05) is 5.39 Å². The molecular formula is C23H23N3O2S2. The fourth-order valence-electron chi connectivity index (χ4n) is 3.33. The van der Waals surface area contributed by atoms with Crippen molar-refractivity contribution in [1.29, 1.82) is 0 Å². The van der Waals surface area contributed by atoms with Crippen LogP contribution in [0, 0.1) is 13.8 Å². The molecule has 0 saturated carbocycles. The maximum atomic E-state index is 12.9. The van der Waals surface area contributed by atoms with Crippen molar-refractivity contribution >= 4 is 55.3 Å². The quantitative estimate of drug-likeness (QED) is 0.376. The molecule has 0 aliphatic carbocycles. The summed E-state index contributed by atoms with van der Waals surface area (Å²) in [5.74, 6) is 0.719. The molecule has 0 aliphatic heterocycles. The van der Waals surface area contributed by atoms with Crippen molar-refractivity contribution in [1.82, 2.24) is 9.97 Å². The number of fused-ring (bicyclic) bond motifs is 2. The first-order valence-corrected chi connectivity index (χ1v) is 11.5. The number of hydrogen-bond acceptors (Lipinski definition) is 6. The number of thiazole rings is 1. The Bertz CT molecular complexity index is 1240. The van der Waals surface area contributed by atoms with Crippen LogP contribution in [0.25, 0.3) is 21.1 Å². The minimum Gasteiger partial charge on any atom is -0.497 e. The number of aryl methyl sites for hydroxylation is 2. The smallest absolute Gasteiger partial charge is 0.239 e. The summed E-state index contributed by atoms with van der Waals surface area (Å²) in [6.45, 7) is 6.17. The molecule has 4 rings (SSSR count). The Morgan fingerprint density at radius 1 is 1.17 bits per heavy atom. The van der Waals surface area contributed by atoms with Crippen molar-refractivity contribution in [3.63, 3.8) is 0 Å². The van der Waals surface area contributed by atoms with Gasteiger partial charge in [0.1, 0.15) is 5.75 Å². The number of pyridine rings is 1. The van der Waals surface area contributed by atoms with Crippen molar-refractivity contribution < 1.29 is 9.53 Å². The van der Waals surface area contributed by atoms with Gasteiger partial charge in [0.15, 0.2) is 5.13 Å². The van der Waals surface area contributed by atoms with Crippen molar-refractivity contribution in [2.75, 3.05) is 12.4 Å².